The highest BCUT2D eigenvalue weighted by Crippen LogP contribution is 2.33. The van der Waals surface area contributed by atoms with Gasteiger partial charge in [-0.25, -0.2) is 0 Å². The molecule has 0 aliphatic heterocycles. The number of benzene rings is 4. The summed E-state index contributed by atoms with van der Waals surface area (Å²) in [7, 11) is 0. The molecule has 0 aliphatic rings. The van der Waals surface area contributed by atoms with Gasteiger partial charge in [0.05, 0.1) is 0 Å². The van der Waals surface area contributed by atoms with E-state index < -0.39 is 0 Å². The fraction of sp³-hybridized carbons (Fsp3) is 0.211. The lowest BCUT2D eigenvalue weighted by molar-refractivity contribution is -0.124. The van der Waals surface area contributed by atoms with Crippen LogP contribution in [0.1, 0.15) is 48.9 Å². The van der Waals surface area contributed by atoms with Gasteiger partial charge in [0.25, 0.3) is 11.8 Å². The van der Waals surface area contributed by atoms with Crippen LogP contribution in [0.3, 0.4) is 0 Å². The van der Waals surface area contributed by atoms with Crippen molar-refractivity contribution in [2.24, 2.45) is 0 Å². The fourth-order valence-corrected chi connectivity index (χ4v) is 5.42. The molecule has 0 fully saturated rings. The molecule has 50 heavy (non-hydrogen) atoms. The Labute approximate surface area is 304 Å². The van der Waals surface area contributed by atoms with Crippen molar-refractivity contribution in [3.05, 3.63) is 119 Å². The summed E-state index contributed by atoms with van der Waals surface area (Å²) >= 11 is 10.5. The van der Waals surface area contributed by atoms with E-state index in [-0.39, 0.29) is 35.3 Å². The first-order chi connectivity index (χ1) is 24.1. The minimum atomic E-state index is -0.370. The molecular formula is C38H42N6O4S2. The van der Waals surface area contributed by atoms with E-state index in [1.165, 1.54) is 11.1 Å². The Hall–Kier alpha value is -5.46. The summed E-state index contributed by atoms with van der Waals surface area (Å²) in [5, 5.41) is 6.57. The molecule has 0 saturated carbocycles. The molecule has 2 amide bonds. The Morgan fingerprint density at radius 2 is 0.940 bits per heavy atom. The lowest BCUT2D eigenvalue weighted by Gasteiger charge is -2.16. The Morgan fingerprint density at radius 3 is 1.28 bits per heavy atom. The summed E-state index contributed by atoms with van der Waals surface area (Å²) in [6, 6.07) is 30.9. The lowest BCUT2D eigenvalue weighted by atomic mass is 9.91. The number of nitrogens with one attached hydrogen (secondary N) is 6. The second kappa shape index (κ2) is 18.9. The standard InChI is InChI=1S/C38H42N6O4S2/c1-5-33(27-13-17-31(18-14-27)47-23-35(45)41-43-37(49)39-29-11-7-9-25(3)21-29)34(6-2)28-15-19-32(20-16-28)48-24-36(46)42-44-38(50)40-30-12-8-10-26(4)22-30/h7-22H,5-6,23-24H2,1-4H3,(H,41,45)(H,42,46)(H2,39,43,49)(H2,40,44,50). The van der Waals surface area contributed by atoms with Gasteiger partial charge in [-0.15, -0.1) is 0 Å². The van der Waals surface area contributed by atoms with Gasteiger partial charge in [0, 0.05) is 11.4 Å². The molecule has 0 aromatic heterocycles. The van der Waals surface area contributed by atoms with E-state index in [4.69, 9.17) is 33.9 Å². The van der Waals surface area contributed by atoms with Crippen molar-refractivity contribution in [1.29, 1.82) is 0 Å². The normalized spacial score (nSPS) is 11.0. The molecular weight excluding hydrogens is 669 g/mol. The van der Waals surface area contributed by atoms with Crippen LogP contribution in [0.4, 0.5) is 11.4 Å². The van der Waals surface area contributed by atoms with Crippen LogP contribution in [0.25, 0.3) is 11.1 Å². The van der Waals surface area contributed by atoms with Crippen molar-refractivity contribution in [2.45, 2.75) is 40.5 Å². The van der Waals surface area contributed by atoms with Crippen molar-refractivity contribution in [2.75, 3.05) is 23.8 Å². The van der Waals surface area contributed by atoms with Crippen molar-refractivity contribution in [3.63, 3.8) is 0 Å². The Balaban J connectivity index is 1.25. The first kappa shape index (κ1) is 37.4. The van der Waals surface area contributed by atoms with E-state index in [0.717, 1.165) is 46.5 Å². The predicted octanol–water partition coefficient (Wildman–Crippen LogP) is 6.83. The monoisotopic (exact) mass is 710 g/mol. The van der Waals surface area contributed by atoms with Gasteiger partial charge in [-0.05, 0) is 133 Å². The van der Waals surface area contributed by atoms with Gasteiger partial charge < -0.3 is 20.1 Å². The minimum Gasteiger partial charge on any atom is -0.484 e. The topological polar surface area (TPSA) is 125 Å². The molecule has 0 saturated heterocycles. The van der Waals surface area contributed by atoms with E-state index in [1.54, 1.807) is 0 Å². The fourth-order valence-electron chi connectivity index (χ4n) is 5.08. The number of hydrogen-bond acceptors (Lipinski definition) is 6. The van der Waals surface area contributed by atoms with Crippen molar-refractivity contribution >= 4 is 69.0 Å². The maximum Gasteiger partial charge on any atom is 0.276 e. The summed E-state index contributed by atoms with van der Waals surface area (Å²) in [4.78, 5) is 24.6. The maximum absolute atomic E-state index is 12.3. The molecule has 0 spiro atoms. The van der Waals surface area contributed by atoms with Crippen LogP contribution in [-0.4, -0.2) is 35.3 Å². The molecule has 4 aromatic rings. The third-order valence-electron chi connectivity index (χ3n) is 7.40. The number of hydrazine groups is 2. The van der Waals surface area contributed by atoms with Crippen LogP contribution in [0.15, 0.2) is 97.1 Å². The number of rotatable bonds is 12. The molecule has 0 atom stereocenters. The molecule has 12 heteroatoms. The number of amides is 2. The lowest BCUT2D eigenvalue weighted by Crippen LogP contribution is -2.45. The summed E-state index contributed by atoms with van der Waals surface area (Å²) < 4.78 is 11.4. The van der Waals surface area contributed by atoms with E-state index in [1.807, 2.05) is 111 Å². The maximum atomic E-state index is 12.3. The molecule has 6 N–H and O–H groups in total. The molecule has 0 unspecified atom stereocenters. The predicted molar refractivity (Wildman–Crippen MR) is 209 cm³/mol. The number of anilines is 2. The van der Waals surface area contributed by atoms with E-state index >= 15 is 0 Å². The third kappa shape index (κ3) is 11.9. The number of ether oxygens (including phenoxy) is 2. The number of allylic oxidation sites excluding steroid dienone is 2. The van der Waals surface area contributed by atoms with Crippen LogP contribution in [-0.2, 0) is 9.59 Å². The Kier molecular flexibility index (Phi) is 14.1. The average molecular weight is 711 g/mol. The van der Waals surface area contributed by atoms with Gasteiger partial charge in [0.15, 0.2) is 23.4 Å². The first-order valence-electron chi connectivity index (χ1n) is 16.2. The van der Waals surface area contributed by atoms with Crippen LogP contribution in [0, 0.1) is 13.8 Å². The first-order valence-corrected chi connectivity index (χ1v) is 17.0. The molecule has 4 rings (SSSR count). The van der Waals surface area contributed by atoms with Gasteiger partial charge in [-0.2, -0.15) is 0 Å². The SMILES string of the molecule is CCC(=C(CC)c1ccc(OCC(=O)NNC(=S)Nc2cccc(C)c2)cc1)c1ccc(OCC(=O)NNC(=S)Nc2cccc(C)c2)cc1. The van der Waals surface area contributed by atoms with Crippen molar-refractivity contribution < 1.29 is 19.1 Å². The molecule has 0 radical (unpaired) electrons. The summed E-state index contributed by atoms with van der Waals surface area (Å²) in [5.74, 6) is 0.403. The summed E-state index contributed by atoms with van der Waals surface area (Å²) in [6.45, 7) is 7.86. The zero-order chi connectivity index (χ0) is 35.9. The molecule has 10 nitrogen and oxygen atoms in total. The van der Waals surface area contributed by atoms with Gasteiger partial charge >= 0.3 is 0 Å². The van der Waals surface area contributed by atoms with Gasteiger partial charge in [-0.1, -0.05) is 62.4 Å². The highest BCUT2D eigenvalue weighted by molar-refractivity contribution is 7.80. The molecule has 4 aromatic carbocycles. The van der Waals surface area contributed by atoms with Crippen LogP contribution in [0.5, 0.6) is 11.5 Å². The summed E-state index contributed by atoms with van der Waals surface area (Å²) in [6.07, 6.45) is 1.64. The molecule has 0 aliphatic carbocycles. The number of aryl methyl sites for hydroxylation is 2. The van der Waals surface area contributed by atoms with Gasteiger partial charge in [0.1, 0.15) is 11.5 Å². The largest absolute Gasteiger partial charge is 0.484 e. The number of carbonyl (C=O) groups is 2. The zero-order valence-electron chi connectivity index (χ0n) is 28.5. The zero-order valence-corrected chi connectivity index (χ0v) is 30.1. The van der Waals surface area contributed by atoms with Crippen molar-refractivity contribution in [1.82, 2.24) is 21.7 Å². The third-order valence-corrected chi connectivity index (χ3v) is 7.81. The number of thiocarbonyl (C=S) groups is 2. The molecule has 260 valence electrons. The number of carbonyl (C=O) groups excluding carboxylic acids is 2. The highest BCUT2D eigenvalue weighted by Gasteiger charge is 2.11. The van der Waals surface area contributed by atoms with Gasteiger partial charge in [-0.3, -0.25) is 31.3 Å². The highest BCUT2D eigenvalue weighted by atomic mass is 32.1. The Morgan fingerprint density at radius 1 is 0.560 bits per heavy atom. The smallest absolute Gasteiger partial charge is 0.276 e. The number of hydrogen-bond donors (Lipinski definition) is 6. The molecule has 0 heterocycles. The summed E-state index contributed by atoms with van der Waals surface area (Å²) in [5.41, 5.74) is 18.8. The second-order valence-electron chi connectivity index (χ2n) is 11.3. The second-order valence-corrected chi connectivity index (χ2v) is 12.1. The molecule has 0 bridgehead atoms. The van der Waals surface area contributed by atoms with Crippen LogP contribution >= 0.6 is 24.4 Å². The van der Waals surface area contributed by atoms with Crippen LogP contribution in [0.2, 0.25) is 0 Å². The van der Waals surface area contributed by atoms with Gasteiger partial charge in [0.2, 0.25) is 0 Å². The average Bonchev–Trinajstić information content (AvgIpc) is 3.11. The van der Waals surface area contributed by atoms with E-state index in [0.29, 0.717) is 11.5 Å². The Bertz CT molecular complexity index is 1690. The van der Waals surface area contributed by atoms with E-state index in [2.05, 4.69) is 46.2 Å². The van der Waals surface area contributed by atoms with E-state index in [9.17, 15) is 9.59 Å². The quantitative estimate of drug-likeness (QED) is 0.0530. The minimum absolute atomic E-state index is 0.179. The van der Waals surface area contributed by atoms with Crippen LogP contribution < -0.4 is 41.8 Å². The van der Waals surface area contributed by atoms with Crippen molar-refractivity contribution in [3.8, 4) is 11.5 Å².